The van der Waals surface area contributed by atoms with Crippen molar-refractivity contribution in [2.24, 2.45) is 0 Å². The summed E-state index contributed by atoms with van der Waals surface area (Å²) in [5.74, 6) is 2.92. The smallest absolute Gasteiger partial charge is 0.208 e. The first-order valence-electron chi connectivity index (χ1n) is 5.18. The number of aliphatic hydroxyl groups is 1. The summed E-state index contributed by atoms with van der Waals surface area (Å²) in [6.45, 7) is 2.02. The van der Waals surface area contributed by atoms with Gasteiger partial charge in [0, 0.05) is 5.75 Å². The van der Waals surface area contributed by atoms with Crippen LogP contribution in [-0.4, -0.2) is 32.6 Å². The molecule has 0 aliphatic heterocycles. The van der Waals surface area contributed by atoms with E-state index in [0.29, 0.717) is 16.7 Å². The fourth-order valence-corrected chi connectivity index (χ4v) is 1.79. The highest BCUT2D eigenvalue weighted by Gasteiger charge is 2.00. The first kappa shape index (κ1) is 11.9. The summed E-state index contributed by atoms with van der Waals surface area (Å²) in [6.07, 6.45) is 3.63. The molecule has 0 fully saturated rings. The number of hydrogen-bond donors (Lipinski definition) is 2. The van der Waals surface area contributed by atoms with E-state index < -0.39 is 0 Å². The zero-order valence-corrected chi connectivity index (χ0v) is 10.2. The zero-order valence-electron chi connectivity index (χ0n) is 9.38. The van der Waals surface area contributed by atoms with Gasteiger partial charge in [-0.25, -0.2) is 4.98 Å². The summed E-state index contributed by atoms with van der Waals surface area (Å²) in [7, 11) is 0. The predicted octanol–water partition coefficient (Wildman–Crippen LogP) is 1.96. The van der Waals surface area contributed by atoms with Crippen molar-refractivity contribution in [2.75, 3.05) is 12.4 Å². The molecule has 0 radical (unpaired) electrons. The van der Waals surface area contributed by atoms with Gasteiger partial charge in [0.25, 0.3) is 0 Å². The van der Waals surface area contributed by atoms with Crippen molar-refractivity contribution in [1.82, 2.24) is 15.2 Å². The Morgan fingerprint density at radius 2 is 2.35 bits per heavy atom. The predicted molar refractivity (Wildman–Crippen MR) is 66.6 cm³/mol. The molecular formula is C11H13N3O2S. The minimum atomic E-state index is 0.121. The molecule has 0 saturated heterocycles. The van der Waals surface area contributed by atoms with E-state index in [2.05, 4.69) is 15.2 Å². The second-order valence-electron chi connectivity index (χ2n) is 3.36. The van der Waals surface area contributed by atoms with Gasteiger partial charge >= 0.3 is 0 Å². The molecule has 0 saturated carbocycles. The van der Waals surface area contributed by atoms with E-state index in [4.69, 9.17) is 9.52 Å². The number of nitrogens with one attached hydrogen (secondary N) is 1. The van der Waals surface area contributed by atoms with Crippen LogP contribution >= 0.6 is 11.8 Å². The summed E-state index contributed by atoms with van der Waals surface area (Å²) in [6, 6.07) is 3.80. The lowest BCUT2D eigenvalue weighted by atomic mass is 10.4. The number of hydrogen-bond acceptors (Lipinski definition) is 5. The summed E-state index contributed by atoms with van der Waals surface area (Å²) < 4.78 is 5.39. The van der Waals surface area contributed by atoms with Gasteiger partial charge in [-0.15, -0.1) is 5.10 Å². The van der Waals surface area contributed by atoms with E-state index >= 15 is 0 Å². The molecular weight excluding hydrogens is 238 g/mol. The molecule has 5 nitrogen and oxygen atoms in total. The van der Waals surface area contributed by atoms with Crippen molar-refractivity contribution in [3.05, 3.63) is 29.5 Å². The van der Waals surface area contributed by atoms with Crippen LogP contribution in [0.1, 0.15) is 17.3 Å². The van der Waals surface area contributed by atoms with Crippen LogP contribution in [0, 0.1) is 6.92 Å². The van der Waals surface area contributed by atoms with Crippen LogP contribution < -0.4 is 0 Å². The molecule has 17 heavy (non-hydrogen) atoms. The van der Waals surface area contributed by atoms with Gasteiger partial charge < -0.3 is 9.52 Å². The topological polar surface area (TPSA) is 74.9 Å². The van der Waals surface area contributed by atoms with Crippen molar-refractivity contribution in [3.8, 4) is 0 Å². The standard InChI is InChI=1S/C11H13N3O2S/c1-8-2-3-9(16-8)4-5-10-12-11(14-13-10)17-7-6-15/h2-5,15H,6-7H2,1H3,(H,12,13,14). The van der Waals surface area contributed by atoms with Crippen molar-refractivity contribution in [2.45, 2.75) is 12.1 Å². The molecule has 0 bridgehead atoms. The van der Waals surface area contributed by atoms with Crippen LogP contribution in [0.4, 0.5) is 0 Å². The Morgan fingerprint density at radius 3 is 3.06 bits per heavy atom. The van der Waals surface area contributed by atoms with Gasteiger partial charge in [0.05, 0.1) is 6.61 Å². The first-order chi connectivity index (χ1) is 8.28. The summed E-state index contributed by atoms with van der Waals surface area (Å²) in [5.41, 5.74) is 0. The largest absolute Gasteiger partial charge is 0.462 e. The van der Waals surface area contributed by atoms with Gasteiger partial charge in [-0.05, 0) is 31.2 Å². The molecule has 0 aromatic carbocycles. The monoisotopic (exact) mass is 251 g/mol. The Hall–Kier alpha value is -1.53. The number of nitrogens with zero attached hydrogens (tertiary/aromatic N) is 2. The van der Waals surface area contributed by atoms with E-state index in [1.54, 1.807) is 6.08 Å². The quantitative estimate of drug-likeness (QED) is 0.794. The first-order valence-corrected chi connectivity index (χ1v) is 6.17. The summed E-state index contributed by atoms with van der Waals surface area (Å²) in [5, 5.41) is 16.1. The van der Waals surface area contributed by atoms with Gasteiger partial charge in [-0.3, -0.25) is 5.10 Å². The lowest BCUT2D eigenvalue weighted by Crippen LogP contribution is -1.86. The third kappa shape index (κ3) is 3.47. The second-order valence-corrected chi connectivity index (χ2v) is 4.42. The molecule has 6 heteroatoms. The van der Waals surface area contributed by atoms with Crippen molar-refractivity contribution >= 4 is 23.9 Å². The van der Waals surface area contributed by atoms with E-state index in [1.807, 2.05) is 25.1 Å². The highest BCUT2D eigenvalue weighted by Crippen LogP contribution is 2.13. The van der Waals surface area contributed by atoms with Crippen LogP contribution in [0.2, 0.25) is 0 Å². The van der Waals surface area contributed by atoms with Crippen molar-refractivity contribution in [3.63, 3.8) is 0 Å². The summed E-state index contributed by atoms with van der Waals surface area (Å²) in [4.78, 5) is 4.23. The fourth-order valence-electron chi connectivity index (χ4n) is 1.24. The highest BCUT2D eigenvalue weighted by molar-refractivity contribution is 7.99. The van der Waals surface area contributed by atoms with E-state index in [1.165, 1.54) is 11.8 Å². The molecule has 0 amide bonds. The Bertz CT molecular complexity index is 504. The number of rotatable bonds is 5. The van der Waals surface area contributed by atoms with Crippen molar-refractivity contribution in [1.29, 1.82) is 0 Å². The van der Waals surface area contributed by atoms with Gasteiger partial charge in [0.15, 0.2) is 0 Å². The van der Waals surface area contributed by atoms with E-state index in [0.717, 1.165) is 11.5 Å². The number of H-pyrrole nitrogens is 1. The Labute approximate surface area is 103 Å². The van der Waals surface area contributed by atoms with Gasteiger partial charge in [0.1, 0.15) is 17.3 Å². The highest BCUT2D eigenvalue weighted by atomic mass is 32.2. The average molecular weight is 251 g/mol. The molecule has 0 atom stereocenters. The molecule has 2 N–H and O–H groups in total. The van der Waals surface area contributed by atoms with Gasteiger partial charge in [-0.1, -0.05) is 11.8 Å². The number of furan rings is 1. The third-order valence-electron chi connectivity index (χ3n) is 1.97. The lowest BCUT2D eigenvalue weighted by Gasteiger charge is -1.88. The lowest BCUT2D eigenvalue weighted by molar-refractivity contribution is 0.322. The number of thioether (sulfide) groups is 1. The minimum absolute atomic E-state index is 0.121. The molecule has 90 valence electrons. The number of aromatic nitrogens is 3. The number of aliphatic hydroxyl groups excluding tert-OH is 1. The Kier molecular flexibility index (Phi) is 4.00. The van der Waals surface area contributed by atoms with Gasteiger partial charge in [-0.2, -0.15) is 0 Å². The van der Waals surface area contributed by atoms with Crippen LogP contribution in [0.25, 0.3) is 12.2 Å². The molecule has 0 aliphatic rings. The number of aryl methyl sites for hydroxylation is 1. The Morgan fingerprint density at radius 1 is 1.47 bits per heavy atom. The normalized spacial score (nSPS) is 11.4. The third-order valence-corrected chi connectivity index (χ3v) is 2.80. The second kappa shape index (κ2) is 5.70. The minimum Gasteiger partial charge on any atom is -0.462 e. The van der Waals surface area contributed by atoms with E-state index in [9.17, 15) is 0 Å². The fraction of sp³-hybridized carbons (Fsp3) is 0.273. The maximum absolute atomic E-state index is 8.68. The Balaban J connectivity index is 1.98. The molecule has 0 unspecified atom stereocenters. The van der Waals surface area contributed by atoms with Crippen LogP contribution in [0.5, 0.6) is 0 Å². The SMILES string of the molecule is Cc1ccc(C=Cc2nc(SCCO)n[nH]2)o1. The molecule has 2 rings (SSSR count). The maximum Gasteiger partial charge on any atom is 0.208 e. The van der Waals surface area contributed by atoms with E-state index in [-0.39, 0.29) is 6.61 Å². The van der Waals surface area contributed by atoms with Crippen molar-refractivity contribution < 1.29 is 9.52 Å². The molecule has 0 aliphatic carbocycles. The number of aromatic amines is 1. The van der Waals surface area contributed by atoms with Crippen LogP contribution in [0.3, 0.4) is 0 Å². The molecule has 0 spiro atoms. The molecule has 2 aromatic heterocycles. The zero-order chi connectivity index (χ0) is 12.1. The van der Waals surface area contributed by atoms with Crippen LogP contribution in [0.15, 0.2) is 21.7 Å². The average Bonchev–Trinajstić information content (AvgIpc) is 2.93. The van der Waals surface area contributed by atoms with Crippen LogP contribution in [-0.2, 0) is 0 Å². The molecule has 2 heterocycles. The summed E-state index contributed by atoms with van der Waals surface area (Å²) >= 11 is 1.41. The van der Waals surface area contributed by atoms with Gasteiger partial charge in [0.2, 0.25) is 5.16 Å². The maximum atomic E-state index is 8.68. The molecule has 2 aromatic rings.